The molecule has 0 fully saturated rings. The number of hydrogen-bond donors (Lipinski definition) is 1. The minimum absolute atomic E-state index is 0.0689. The molecule has 0 saturated carbocycles. The van der Waals surface area contributed by atoms with Gasteiger partial charge < -0.3 is 14.8 Å². The quantitative estimate of drug-likeness (QED) is 0.355. The molecule has 0 atom stereocenters. The van der Waals surface area contributed by atoms with Crippen LogP contribution in [0, 0.1) is 21.4 Å². The Morgan fingerprint density at radius 1 is 1.21 bits per heavy atom. The molecule has 0 bridgehead atoms. The average Bonchev–Trinajstić information content (AvgIpc) is 2.71. The molecule has 0 spiro atoms. The van der Waals surface area contributed by atoms with Gasteiger partial charge in [-0.1, -0.05) is 38.1 Å². The number of carbonyl (C=O) groups is 1. The summed E-state index contributed by atoms with van der Waals surface area (Å²) in [4.78, 5) is 23.3. The van der Waals surface area contributed by atoms with Crippen molar-refractivity contribution in [1.82, 2.24) is 0 Å². The van der Waals surface area contributed by atoms with Crippen LogP contribution in [0.5, 0.6) is 11.5 Å². The zero-order valence-electron chi connectivity index (χ0n) is 16.0. The van der Waals surface area contributed by atoms with E-state index in [-0.39, 0.29) is 29.3 Å². The second kappa shape index (κ2) is 8.44. The molecule has 8 heteroatoms. The first-order chi connectivity index (χ1) is 13.9. The van der Waals surface area contributed by atoms with E-state index < -0.39 is 10.8 Å². The number of nitriles is 1. The number of anilines is 1. The first-order valence-corrected chi connectivity index (χ1v) is 9.00. The summed E-state index contributed by atoms with van der Waals surface area (Å²) in [7, 11) is 0. The van der Waals surface area contributed by atoms with Crippen molar-refractivity contribution in [1.29, 1.82) is 5.26 Å². The van der Waals surface area contributed by atoms with Gasteiger partial charge in [-0.25, -0.2) is 0 Å². The van der Waals surface area contributed by atoms with Crippen LogP contribution in [0.4, 0.5) is 11.4 Å². The van der Waals surface area contributed by atoms with Gasteiger partial charge in [0.2, 0.25) is 0 Å². The van der Waals surface area contributed by atoms with Crippen LogP contribution in [0.15, 0.2) is 42.0 Å². The predicted molar refractivity (Wildman–Crippen MR) is 107 cm³/mol. The van der Waals surface area contributed by atoms with E-state index in [0.717, 1.165) is 5.56 Å². The summed E-state index contributed by atoms with van der Waals surface area (Å²) in [5, 5.41) is 23.2. The van der Waals surface area contributed by atoms with Gasteiger partial charge in [0.05, 0.1) is 11.0 Å². The molecule has 3 rings (SSSR count). The summed E-state index contributed by atoms with van der Waals surface area (Å²) in [5.41, 5.74) is 1.23. The van der Waals surface area contributed by atoms with E-state index in [1.807, 2.05) is 30.3 Å². The Kier molecular flexibility index (Phi) is 5.79. The molecule has 0 saturated heterocycles. The predicted octanol–water partition coefficient (Wildman–Crippen LogP) is 4.04. The third-order valence-electron chi connectivity index (χ3n) is 4.38. The summed E-state index contributed by atoms with van der Waals surface area (Å²) in [6.45, 7) is 4.72. The third-order valence-corrected chi connectivity index (χ3v) is 4.38. The Labute approximate surface area is 167 Å². The second-order valence-electron chi connectivity index (χ2n) is 6.72. The molecule has 148 valence electrons. The number of amides is 1. The van der Waals surface area contributed by atoms with Crippen LogP contribution >= 0.6 is 0 Å². The van der Waals surface area contributed by atoms with E-state index >= 15 is 0 Å². The molecule has 29 heavy (non-hydrogen) atoms. The summed E-state index contributed by atoms with van der Waals surface area (Å²) in [5.74, 6) is 0.147. The minimum Gasteiger partial charge on any atom is -0.486 e. The van der Waals surface area contributed by atoms with Gasteiger partial charge in [0.1, 0.15) is 30.5 Å². The van der Waals surface area contributed by atoms with Gasteiger partial charge in [-0.05, 0) is 23.1 Å². The monoisotopic (exact) mass is 393 g/mol. The zero-order valence-corrected chi connectivity index (χ0v) is 16.0. The molecule has 1 N–H and O–H groups in total. The third kappa shape index (κ3) is 4.52. The minimum atomic E-state index is -0.750. The number of carbonyl (C=O) groups excluding carboxylic acids is 1. The van der Waals surface area contributed by atoms with E-state index in [1.54, 1.807) is 0 Å². The van der Waals surface area contributed by atoms with Crippen LogP contribution in [0.3, 0.4) is 0 Å². The number of ether oxygens (including phenoxy) is 2. The lowest BCUT2D eigenvalue weighted by atomic mass is 10.0. The number of nitro benzene ring substituents is 1. The molecule has 0 aromatic heterocycles. The van der Waals surface area contributed by atoms with E-state index in [2.05, 4.69) is 19.2 Å². The van der Waals surface area contributed by atoms with Crippen LogP contribution in [0.1, 0.15) is 30.9 Å². The largest absolute Gasteiger partial charge is 0.486 e. The number of nitro groups is 1. The normalized spacial score (nSPS) is 13.0. The van der Waals surface area contributed by atoms with Crippen LogP contribution < -0.4 is 14.8 Å². The van der Waals surface area contributed by atoms with Gasteiger partial charge >= 0.3 is 0 Å². The topological polar surface area (TPSA) is 114 Å². The highest BCUT2D eigenvalue weighted by atomic mass is 16.6. The van der Waals surface area contributed by atoms with E-state index in [0.29, 0.717) is 23.8 Å². The molecule has 0 aliphatic carbocycles. The lowest BCUT2D eigenvalue weighted by molar-refractivity contribution is -0.384. The number of rotatable bonds is 5. The van der Waals surface area contributed by atoms with Crippen LogP contribution in [-0.4, -0.2) is 24.0 Å². The highest BCUT2D eigenvalue weighted by Crippen LogP contribution is 2.39. The maximum Gasteiger partial charge on any atom is 0.296 e. The number of benzene rings is 2. The number of nitrogens with zero attached hydrogens (tertiary/aromatic N) is 2. The molecular formula is C21H19N3O5. The van der Waals surface area contributed by atoms with Gasteiger partial charge in [-0.3, -0.25) is 14.9 Å². The number of nitrogens with one attached hydrogen (secondary N) is 1. The van der Waals surface area contributed by atoms with Gasteiger partial charge in [0.25, 0.3) is 11.6 Å². The van der Waals surface area contributed by atoms with Crippen molar-refractivity contribution in [2.75, 3.05) is 18.5 Å². The zero-order chi connectivity index (χ0) is 21.0. The molecule has 2 aromatic rings. The smallest absolute Gasteiger partial charge is 0.296 e. The molecule has 0 radical (unpaired) electrons. The highest BCUT2D eigenvalue weighted by molar-refractivity contribution is 6.10. The average molecular weight is 393 g/mol. The molecule has 1 aliphatic rings. The van der Waals surface area contributed by atoms with Crippen molar-refractivity contribution < 1.29 is 19.2 Å². The van der Waals surface area contributed by atoms with Crippen molar-refractivity contribution in [3.63, 3.8) is 0 Å². The van der Waals surface area contributed by atoms with Crippen molar-refractivity contribution in [3.05, 3.63) is 63.2 Å². The Bertz CT molecular complexity index is 1020. The fourth-order valence-corrected chi connectivity index (χ4v) is 2.81. The van der Waals surface area contributed by atoms with E-state index in [1.165, 1.54) is 18.2 Å². The Morgan fingerprint density at radius 2 is 1.83 bits per heavy atom. The van der Waals surface area contributed by atoms with Gasteiger partial charge in [0.15, 0.2) is 11.5 Å². The second-order valence-corrected chi connectivity index (χ2v) is 6.72. The van der Waals surface area contributed by atoms with Crippen LogP contribution in [0.25, 0.3) is 6.08 Å². The molecule has 8 nitrogen and oxygen atoms in total. The maximum atomic E-state index is 12.6. The summed E-state index contributed by atoms with van der Waals surface area (Å²) >= 11 is 0. The van der Waals surface area contributed by atoms with Crippen LogP contribution in [-0.2, 0) is 4.79 Å². The summed E-state index contributed by atoms with van der Waals surface area (Å²) in [6, 6.07) is 11.8. The molecule has 2 aromatic carbocycles. The summed E-state index contributed by atoms with van der Waals surface area (Å²) < 4.78 is 10.8. The SMILES string of the molecule is CC(C)c1ccc(/C=C(\C#N)C(=O)Nc2cc3c(cc2[N+](=O)[O-])OCCO3)cc1. The number of hydrogen-bond acceptors (Lipinski definition) is 6. The van der Waals surface area contributed by atoms with Crippen molar-refractivity contribution in [2.45, 2.75) is 19.8 Å². The Balaban J connectivity index is 1.87. The molecular weight excluding hydrogens is 374 g/mol. The molecule has 0 unspecified atom stereocenters. The van der Waals surface area contributed by atoms with Crippen molar-refractivity contribution in [3.8, 4) is 17.6 Å². The summed E-state index contributed by atoms with van der Waals surface area (Å²) in [6.07, 6.45) is 1.43. The lowest BCUT2D eigenvalue weighted by Crippen LogP contribution is -2.18. The Hall–Kier alpha value is -3.86. The van der Waals surface area contributed by atoms with Gasteiger partial charge in [-0.15, -0.1) is 0 Å². The fraction of sp³-hybridized carbons (Fsp3) is 0.238. The highest BCUT2D eigenvalue weighted by Gasteiger charge is 2.24. The van der Waals surface area contributed by atoms with E-state index in [9.17, 15) is 20.2 Å². The van der Waals surface area contributed by atoms with E-state index in [4.69, 9.17) is 9.47 Å². The Morgan fingerprint density at radius 3 is 2.38 bits per heavy atom. The van der Waals surface area contributed by atoms with Gasteiger partial charge in [0, 0.05) is 6.07 Å². The van der Waals surface area contributed by atoms with Crippen molar-refractivity contribution >= 4 is 23.4 Å². The molecule has 1 heterocycles. The first-order valence-electron chi connectivity index (χ1n) is 9.00. The fourth-order valence-electron chi connectivity index (χ4n) is 2.81. The standard InChI is InChI=1S/C21H19N3O5/c1-13(2)15-5-3-14(4-6-15)9-16(12-22)21(25)23-17-10-19-20(29-8-7-28-19)11-18(17)24(26)27/h3-6,9-11,13H,7-8H2,1-2H3,(H,23,25)/b16-9+. The van der Waals surface area contributed by atoms with Crippen molar-refractivity contribution in [2.24, 2.45) is 0 Å². The van der Waals surface area contributed by atoms with Crippen LogP contribution in [0.2, 0.25) is 0 Å². The van der Waals surface area contributed by atoms with Gasteiger partial charge in [-0.2, -0.15) is 5.26 Å². The maximum absolute atomic E-state index is 12.6. The first kappa shape index (κ1) is 19.9. The number of fused-ring (bicyclic) bond motifs is 1. The molecule has 1 aliphatic heterocycles. The molecule has 1 amide bonds. The lowest BCUT2D eigenvalue weighted by Gasteiger charge is -2.19.